The first kappa shape index (κ1) is 24.4. The monoisotopic (exact) mass is 497 g/mol. The van der Waals surface area contributed by atoms with E-state index in [9.17, 15) is 14.7 Å². The molecule has 0 spiro atoms. The highest BCUT2D eigenvalue weighted by Gasteiger charge is 2.26. The Morgan fingerprint density at radius 2 is 1.81 bits per heavy atom. The molecule has 2 aromatic heterocycles. The summed E-state index contributed by atoms with van der Waals surface area (Å²) in [4.78, 5) is 25.7. The minimum atomic E-state index is -0.292. The number of aromatic hydroxyl groups is 1. The van der Waals surface area contributed by atoms with E-state index in [0.29, 0.717) is 29.2 Å². The quantitative estimate of drug-likeness (QED) is 0.324. The molecule has 37 heavy (non-hydrogen) atoms. The van der Waals surface area contributed by atoms with E-state index >= 15 is 0 Å². The van der Waals surface area contributed by atoms with E-state index in [2.05, 4.69) is 15.7 Å². The zero-order valence-electron chi connectivity index (χ0n) is 21.1. The number of carbonyl (C=O) groups is 2. The number of nitrogens with zero attached hydrogens (tertiary/aromatic N) is 3. The number of phenols is 1. The molecule has 1 aliphatic carbocycles. The van der Waals surface area contributed by atoms with E-state index in [1.165, 1.54) is 16.3 Å². The number of nitrogens with one attached hydrogen (secondary N) is 2. The molecule has 5 rings (SSSR count). The zero-order chi connectivity index (χ0) is 25.9. The van der Waals surface area contributed by atoms with Gasteiger partial charge in [-0.15, -0.1) is 0 Å². The molecular weight excluding hydrogens is 466 g/mol. The summed E-state index contributed by atoms with van der Waals surface area (Å²) >= 11 is 0. The van der Waals surface area contributed by atoms with E-state index < -0.39 is 0 Å². The second-order valence-corrected chi connectivity index (χ2v) is 9.68. The van der Waals surface area contributed by atoms with Gasteiger partial charge in [0.2, 0.25) is 0 Å². The molecule has 1 aliphatic rings. The SMILES string of the molecule is Cc1ccc(CNC(=O)n2nc(-c3ccc(NC(=O)c4cccn4C)cc3O)cc2C2CCCC2)cc1. The summed E-state index contributed by atoms with van der Waals surface area (Å²) in [5.74, 6) is -0.0394. The van der Waals surface area contributed by atoms with Crippen molar-refractivity contribution in [3.05, 3.63) is 89.4 Å². The molecule has 3 N–H and O–H groups in total. The maximum absolute atomic E-state index is 13.2. The first-order valence-electron chi connectivity index (χ1n) is 12.6. The minimum Gasteiger partial charge on any atom is -0.507 e. The van der Waals surface area contributed by atoms with E-state index in [4.69, 9.17) is 0 Å². The Balaban J connectivity index is 1.38. The van der Waals surface area contributed by atoms with E-state index in [0.717, 1.165) is 36.9 Å². The Morgan fingerprint density at radius 3 is 2.49 bits per heavy atom. The molecule has 4 aromatic rings. The van der Waals surface area contributed by atoms with Crippen LogP contribution in [0.4, 0.5) is 10.5 Å². The van der Waals surface area contributed by atoms with Crippen LogP contribution in [0.1, 0.15) is 58.9 Å². The molecule has 8 nitrogen and oxygen atoms in total. The fraction of sp³-hybridized carbons (Fsp3) is 0.276. The Bertz CT molecular complexity index is 1430. The number of aryl methyl sites for hydroxylation is 2. The van der Waals surface area contributed by atoms with Gasteiger partial charge in [-0.05, 0) is 55.7 Å². The smallest absolute Gasteiger partial charge is 0.342 e. The van der Waals surface area contributed by atoms with Gasteiger partial charge < -0.3 is 20.3 Å². The number of aromatic nitrogens is 3. The van der Waals surface area contributed by atoms with Gasteiger partial charge in [-0.25, -0.2) is 4.79 Å². The Hall–Kier alpha value is -4.33. The summed E-state index contributed by atoms with van der Waals surface area (Å²) in [6, 6.07) is 18.1. The van der Waals surface area contributed by atoms with Gasteiger partial charge in [0.05, 0.1) is 11.4 Å². The van der Waals surface area contributed by atoms with Crippen LogP contribution < -0.4 is 10.6 Å². The Kier molecular flexibility index (Phi) is 6.81. The van der Waals surface area contributed by atoms with Crippen LogP contribution in [0.25, 0.3) is 11.3 Å². The number of carbonyl (C=O) groups excluding carboxylic acids is 2. The topological polar surface area (TPSA) is 101 Å². The first-order chi connectivity index (χ1) is 17.9. The second kappa shape index (κ2) is 10.3. The molecular formula is C29H31N5O3. The molecule has 0 aliphatic heterocycles. The van der Waals surface area contributed by atoms with Crippen molar-refractivity contribution in [1.82, 2.24) is 19.7 Å². The van der Waals surface area contributed by atoms with Crippen LogP contribution in [0.3, 0.4) is 0 Å². The van der Waals surface area contributed by atoms with E-state index in [-0.39, 0.29) is 23.6 Å². The third kappa shape index (κ3) is 5.28. The van der Waals surface area contributed by atoms with Crippen LogP contribution in [0.5, 0.6) is 5.75 Å². The minimum absolute atomic E-state index is 0.0210. The van der Waals surface area contributed by atoms with E-state index in [1.54, 1.807) is 42.1 Å². The fourth-order valence-electron chi connectivity index (χ4n) is 4.88. The van der Waals surface area contributed by atoms with Gasteiger partial charge in [0.1, 0.15) is 11.4 Å². The molecule has 0 bridgehead atoms. The zero-order valence-corrected chi connectivity index (χ0v) is 21.1. The number of benzene rings is 2. The normalized spacial score (nSPS) is 13.6. The molecule has 190 valence electrons. The highest BCUT2D eigenvalue weighted by atomic mass is 16.3. The number of phenolic OH excluding ortho intramolecular Hbond substituents is 1. The van der Waals surface area contributed by atoms with Gasteiger partial charge in [-0.3, -0.25) is 4.79 Å². The van der Waals surface area contributed by atoms with Crippen molar-refractivity contribution in [2.45, 2.75) is 45.1 Å². The lowest BCUT2D eigenvalue weighted by Crippen LogP contribution is -2.30. The molecule has 8 heteroatoms. The van der Waals surface area contributed by atoms with Crippen molar-refractivity contribution in [3.8, 4) is 17.0 Å². The van der Waals surface area contributed by atoms with Crippen molar-refractivity contribution >= 4 is 17.6 Å². The molecule has 0 atom stereocenters. The second-order valence-electron chi connectivity index (χ2n) is 9.68. The average molecular weight is 498 g/mol. The third-order valence-corrected chi connectivity index (χ3v) is 6.98. The molecule has 0 radical (unpaired) electrons. The van der Waals surface area contributed by atoms with Gasteiger partial charge >= 0.3 is 6.03 Å². The van der Waals surface area contributed by atoms with Crippen LogP contribution in [-0.2, 0) is 13.6 Å². The predicted molar refractivity (Wildman–Crippen MR) is 143 cm³/mol. The van der Waals surface area contributed by atoms with Gasteiger partial charge in [-0.2, -0.15) is 9.78 Å². The average Bonchev–Trinajstić information content (AvgIpc) is 3.64. The molecule has 0 unspecified atom stereocenters. The number of amides is 2. The molecule has 0 saturated heterocycles. The summed E-state index contributed by atoms with van der Waals surface area (Å²) in [5, 5.41) is 21.2. The number of rotatable bonds is 6. The summed E-state index contributed by atoms with van der Waals surface area (Å²) in [6.45, 7) is 2.43. The molecule has 2 heterocycles. The fourth-order valence-corrected chi connectivity index (χ4v) is 4.88. The maximum Gasteiger partial charge on any atom is 0.342 e. The summed E-state index contributed by atoms with van der Waals surface area (Å²) in [7, 11) is 1.80. The van der Waals surface area contributed by atoms with Crippen molar-refractivity contribution < 1.29 is 14.7 Å². The predicted octanol–water partition coefficient (Wildman–Crippen LogP) is 5.57. The molecule has 2 amide bonds. The van der Waals surface area contributed by atoms with Gasteiger partial charge in [0.25, 0.3) is 5.91 Å². The Morgan fingerprint density at radius 1 is 1.05 bits per heavy atom. The maximum atomic E-state index is 13.2. The van der Waals surface area contributed by atoms with Crippen LogP contribution in [-0.4, -0.2) is 31.4 Å². The lowest BCUT2D eigenvalue weighted by Gasteiger charge is -2.12. The third-order valence-electron chi connectivity index (χ3n) is 6.98. The Labute approximate surface area is 215 Å². The number of anilines is 1. The van der Waals surface area contributed by atoms with Crippen LogP contribution >= 0.6 is 0 Å². The highest BCUT2D eigenvalue weighted by molar-refractivity contribution is 6.03. The first-order valence-corrected chi connectivity index (χ1v) is 12.6. The highest BCUT2D eigenvalue weighted by Crippen LogP contribution is 2.38. The summed E-state index contributed by atoms with van der Waals surface area (Å²) < 4.78 is 3.18. The number of hydrogen-bond donors (Lipinski definition) is 3. The van der Waals surface area contributed by atoms with Crippen LogP contribution in [0.15, 0.2) is 66.9 Å². The van der Waals surface area contributed by atoms with Gasteiger partial charge in [-0.1, -0.05) is 42.7 Å². The van der Waals surface area contributed by atoms with Crippen LogP contribution in [0.2, 0.25) is 0 Å². The van der Waals surface area contributed by atoms with E-state index in [1.807, 2.05) is 37.3 Å². The summed E-state index contributed by atoms with van der Waals surface area (Å²) in [5.41, 5.74) is 5.04. The van der Waals surface area contributed by atoms with Crippen molar-refractivity contribution in [2.75, 3.05) is 5.32 Å². The number of hydrogen-bond acceptors (Lipinski definition) is 4. The van der Waals surface area contributed by atoms with Crippen molar-refractivity contribution in [1.29, 1.82) is 0 Å². The largest absolute Gasteiger partial charge is 0.507 e. The summed E-state index contributed by atoms with van der Waals surface area (Å²) in [6.07, 6.45) is 6.05. The van der Waals surface area contributed by atoms with Crippen molar-refractivity contribution in [3.63, 3.8) is 0 Å². The lowest BCUT2D eigenvalue weighted by atomic mass is 10.0. The standard InChI is InChI=1S/C29H31N5O3/c1-19-9-11-20(12-10-19)18-30-29(37)34-26(21-6-3-4-7-21)17-24(32-34)23-14-13-22(16-27(23)35)31-28(36)25-8-5-15-33(25)2/h5,8-17,21,35H,3-4,6-7,18H2,1-2H3,(H,30,37)(H,31,36). The van der Waals surface area contributed by atoms with Gasteiger partial charge in [0.15, 0.2) is 0 Å². The van der Waals surface area contributed by atoms with Gasteiger partial charge in [0, 0.05) is 43.0 Å². The van der Waals surface area contributed by atoms with Crippen LogP contribution in [0, 0.1) is 6.92 Å². The molecule has 1 saturated carbocycles. The molecule has 2 aromatic carbocycles. The molecule has 1 fully saturated rings. The lowest BCUT2D eigenvalue weighted by molar-refractivity contribution is 0.101. The van der Waals surface area contributed by atoms with Crippen molar-refractivity contribution in [2.24, 2.45) is 7.05 Å².